The molecule has 3 rings (SSSR count). The van der Waals surface area contributed by atoms with E-state index in [9.17, 15) is 4.39 Å². The molecular formula is C15H17FN2S. The van der Waals surface area contributed by atoms with Crippen molar-refractivity contribution in [2.45, 2.75) is 6.54 Å². The van der Waals surface area contributed by atoms with Crippen LogP contribution in [0.5, 0.6) is 0 Å². The molecule has 0 amide bonds. The van der Waals surface area contributed by atoms with Crippen LogP contribution in [0.3, 0.4) is 0 Å². The minimum atomic E-state index is -0.172. The molecule has 0 saturated carbocycles. The number of nitrogens with zero attached hydrogens (tertiary/aromatic N) is 1. The molecule has 1 aromatic carbocycles. The zero-order valence-corrected chi connectivity index (χ0v) is 11.5. The number of piperazine rings is 1. The molecule has 0 bridgehead atoms. The molecule has 1 N–H and O–H groups in total. The van der Waals surface area contributed by atoms with Crippen molar-refractivity contribution in [3.63, 3.8) is 0 Å². The van der Waals surface area contributed by atoms with Crippen molar-refractivity contribution in [2.24, 2.45) is 0 Å². The molecule has 1 aromatic heterocycles. The van der Waals surface area contributed by atoms with Crippen LogP contribution in [0.4, 0.5) is 4.39 Å². The molecule has 1 saturated heterocycles. The third-order valence-electron chi connectivity index (χ3n) is 3.36. The Morgan fingerprint density at radius 3 is 2.79 bits per heavy atom. The monoisotopic (exact) mass is 276 g/mol. The molecule has 100 valence electrons. The van der Waals surface area contributed by atoms with E-state index in [0.717, 1.165) is 43.2 Å². The summed E-state index contributed by atoms with van der Waals surface area (Å²) in [4.78, 5) is 4.95. The first-order valence-electron chi connectivity index (χ1n) is 6.59. The molecule has 2 aromatic rings. The lowest BCUT2D eigenvalue weighted by atomic mass is 10.2. The highest BCUT2D eigenvalue weighted by molar-refractivity contribution is 7.15. The lowest BCUT2D eigenvalue weighted by Crippen LogP contribution is -2.42. The molecule has 1 aliphatic rings. The van der Waals surface area contributed by atoms with Crippen molar-refractivity contribution in [3.05, 3.63) is 47.1 Å². The van der Waals surface area contributed by atoms with Gasteiger partial charge in [0.2, 0.25) is 0 Å². The van der Waals surface area contributed by atoms with Gasteiger partial charge in [0.05, 0.1) is 0 Å². The van der Waals surface area contributed by atoms with Crippen LogP contribution >= 0.6 is 11.3 Å². The highest BCUT2D eigenvalue weighted by Gasteiger charge is 2.11. The zero-order chi connectivity index (χ0) is 13.1. The maximum atomic E-state index is 13.2. The summed E-state index contributed by atoms with van der Waals surface area (Å²) in [7, 11) is 0. The molecular weight excluding hydrogens is 259 g/mol. The Hall–Kier alpha value is -1.23. The Kier molecular flexibility index (Phi) is 3.92. The summed E-state index contributed by atoms with van der Waals surface area (Å²) in [5.74, 6) is -0.172. The van der Waals surface area contributed by atoms with Gasteiger partial charge < -0.3 is 5.32 Å². The lowest BCUT2D eigenvalue weighted by molar-refractivity contribution is 0.235. The molecule has 0 radical (unpaired) electrons. The predicted molar refractivity (Wildman–Crippen MR) is 77.9 cm³/mol. The van der Waals surface area contributed by atoms with E-state index < -0.39 is 0 Å². The molecule has 1 aliphatic heterocycles. The topological polar surface area (TPSA) is 15.3 Å². The number of nitrogens with one attached hydrogen (secondary N) is 1. The van der Waals surface area contributed by atoms with E-state index in [1.165, 1.54) is 10.9 Å². The maximum Gasteiger partial charge on any atom is 0.123 e. The van der Waals surface area contributed by atoms with Crippen molar-refractivity contribution in [1.82, 2.24) is 10.2 Å². The van der Waals surface area contributed by atoms with Crippen LogP contribution in [0, 0.1) is 5.82 Å². The van der Waals surface area contributed by atoms with E-state index in [1.807, 2.05) is 6.07 Å². The average Bonchev–Trinajstić information content (AvgIpc) is 2.88. The SMILES string of the molecule is Fc1cccc(-c2ccc(CN3CCNCC3)s2)c1. The second kappa shape index (κ2) is 5.82. The van der Waals surface area contributed by atoms with E-state index in [-0.39, 0.29) is 5.82 Å². The fraction of sp³-hybridized carbons (Fsp3) is 0.333. The summed E-state index contributed by atoms with van der Waals surface area (Å²) >= 11 is 1.76. The van der Waals surface area contributed by atoms with Crippen LogP contribution in [0.1, 0.15) is 4.88 Å². The molecule has 4 heteroatoms. The number of rotatable bonds is 3. The van der Waals surface area contributed by atoms with Crippen LogP contribution in [-0.4, -0.2) is 31.1 Å². The molecule has 0 spiro atoms. The number of benzene rings is 1. The van der Waals surface area contributed by atoms with E-state index in [2.05, 4.69) is 22.3 Å². The van der Waals surface area contributed by atoms with Gasteiger partial charge in [0.1, 0.15) is 5.82 Å². The van der Waals surface area contributed by atoms with E-state index in [4.69, 9.17) is 0 Å². The molecule has 0 unspecified atom stereocenters. The van der Waals surface area contributed by atoms with Gasteiger partial charge in [-0.3, -0.25) is 4.90 Å². The molecule has 19 heavy (non-hydrogen) atoms. The van der Waals surface area contributed by atoms with Gasteiger partial charge in [-0.1, -0.05) is 12.1 Å². The summed E-state index contributed by atoms with van der Waals surface area (Å²) in [5, 5.41) is 3.36. The molecule has 0 atom stereocenters. The van der Waals surface area contributed by atoms with E-state index in [0.29, 0.717) is 0 Å². The summed E-state index contributed by atoms with van der Waals surface area (Å²) in [6, 6.07) is 11.1. The number of hydrogen-bond acceptors (Lipinski definition) is 3. The third kappa shape index (κ3) is 3.21. The Morgan fingerprint density at radius 1 is 1.16 bits per heavy atom. The third-order valence-corrected chi connectivity index (χ3v) is 4.48. The van der Waals surface area contributed by atoms with Crippen molar-refractivity contribution >= 4 is 11.3 Å². The first kappa shape index (κ1) is 12.8. The minimum Gasteiger partial charge on any atom is -0.314 e. The van der Waals surface area contributed by atoms with Crippen LogP contribution in [0.25, 0.3) is 10.4 Å². The Bertz CT molecular complexity index is 547. The van der Waals surface area contributed by atoms with E-state index >= 15 is 0 Å². The van der Waals surface area contributed by atoms with Gasteiger partial charge in [0, 0.05) is 42.5 Å². The highest BCUT2D eigenvalue weighted by atomic mass is 32.1. The number of thiophene rings is 1. The highest BCUT2D eigenvalue weighted by Crippen LogP contribution is 2.29. The maximum absolute atomic E-state index is 13.2. The molecule has 2 nitrogen and oxygen atoms in total. The summed E-state index contributed by atoms with van der Waals surface area (Å²) in [6.07, 6.45) is 0. The Labute approximate surface area is 116 Å². The Balaban J connectivity index is 1.72. The molecule has 0 aliphatic carbocycles. The predicted octanol–water partition coefficient (Wildman–Crippen LogP) is 2.96. The lowest BCUT2D eigenvalue weighted by Gasteiger charge is -2.26. The number of halogens is 1. The van der Waals surface area contributed by atoms with Crippen molar-refractivity contribution < 1.29 is 4.39 Å². The number of hydrogen-bond donors (Lipinski definition) is 1. The Morgan fingerprint density at radius 2 is 2.00 bits per heavy atom. The summed E-state index contributed by atoms with van der Waals surface area (Å²) in [5.41, 5.74) is 0.969. The fourth-order valence-electron chi connectivity index (χ4n) is 2.35. The smallest absolute Gasteiger partial charge is 0.123 e. The van der Waals surface area contributed by atoms with Crippen LogP contribution in [0.15, 0.2) is 36.4 Å². The first-order valence-corrected chi connectivity index (χ1v) is 7.41. The van der Waals surface area contributed by atoms with Crippen LogP contribution in [-0.2, 0) is 6.54 Å². The summed E-state index contributed by atoms with van der Waals surface area (Å²) in [6.45, 7) is 5.35. The second-order valence-corrected chi connectivity index (χ2v) is 5.97. The van der Waals surface area contributed by atoms with Gasteiger partial charge in [-0.25, -0.2) is 4.39 Å². The minimum absolute atomic E-state index is 0.172. The van der Waals surface area contributed by atoms with Crippen LogP contribution < -0.4 is 5.32 Å². The largest absolute Gasteiger partial charge is 0.314 e. The quantitative estimate of drug-likeness (QED) is 0.927. The summed E-state index contributed by atoms with van der Waals surface area (Å²) < 4.78 is 13.2. The van der Waals surface area contributed by atoms with E-state index in [1.54, 1.807) is 23.5 Å². The van der Waals surface area contributed by atoms with Crippen LogP contribution in [0.2, 0.25) is 0 Å². The van der Waals surface area contributed by atoms with Gasteiger partial charge in [0.15, 0.2) is 0 Å². The normalized spacial score (nSPS) is 16.7. The second-order valence-electron chi connectivity index (χ2n) is 4.80. The van der Waals surface area contributed by atoms with Gasteiger partial charge in [-0.05, 0) is 29.8 Å². The van der Waals surface area contributed by atoms with Crippen molar-refractivity contribution in [2.75, 3.05) is 26.2 Å². The van der Waals surface area contributed by atoms with Gasteiger partial charge in [0.25, 0.3) is 0 Å². The van der Waals surface area contributed by atoms with Gasteiger partial charge >= 0.3 is 0 Å². The van der Waals surface area contributed by atoms with Crippen molar-refractivity contribution in [3.8, 4) is 10.4 Å². The standard InChI is InChI=1S/C15H17FN2S/c16-13-3-1-2-12(10-13)15-5-4-14(19-15)11-18-8-6-17-7-9-18/h1-5,10,17H,6-9,11H2. The van der Waals surface area contributed by atoms with Crippen molar-refractivity contribution in [1.29, 1.82) is 0 Å². The molecule has 1 fully saturated rings. The van der Waals surface area contributed by atoms with Gasteiger partial charge in [-0.2, -0.15) is 0 Å². The average molecular weight is 276 g/mol. The first-order chi connectivity index (χ1) is 9.31. The van der Waals surface area contributed by atoms with Gasteiger partial charge in [-0.15, -0.1) is 11.3 Å². The zero-order valence-electron chi connectivity index (χ0n) is 10.7. The molecule has 2 heterocycles. The fourth-order valence-corrected chi connectivity index (χ4v) is 3.40.